The standard InChI is InChI=1S/C31H45NO3/c1-19-21-10-11-30(6)24(28(21,4)16-20(18-32)25(19)33)9-8-22-23-17-27(2,3)12-14-31(23,26(34)35-7)15-13-29(22,30)5/h8,19,21,23-24,33H,9-17H2,1-7H3/t19-,21-,23?,24+,28-,29+,30+,31-/m0/s1. The van der Waals surface area contributed by atoms with Crippen LogP contribution in [0.5, 0.6) is 0 Å². The minimum Gasteiger partial charge on any atom is -0.511 e. The Bertz CT molecular complexity index is 1050. The molecule has 0 bridgehead atoms. The molecule has 192 valence electrons. The third-order valence-corrected chi connectivity index (χ3v) is 12.6. The molecule has 0 aliphatic heterocycles. The molecule has 0 aromatic carbocycles. The van der Waals surface area contributed by atoms with E-state index < -0.39 is 0 Å². The number of methoxy groups -OCH3 is 1. The predicted molar refractivity (Wildman–Crippen MR) is 137 cm³/mol. The molecular weight excluding hydrogens is 434 g/mol. The molecule has 4 heteroatoms. The number of aliphatic hydroxyl groups is 1. The lowest BCUT2D eigenvalue weighted by molar-refractivity contribution is -0.178. The topological polar surface area (TPSA) is 70.3 Å². The average Bonchev–Trinajstić information content (AvgIpc) is 2.81. The van der Waals surface area contributed by atoms with Gasteiger partial charge in [0.2, 0.25) is 0 Å². The number of allylic oxidation sites excluding steroid dienone is 4. The van der Waals surface area contributed by atoms with Gasteiger partial charge in [-0.2, -0.15) is 5.26 Å². The molecule has 0 amide bonds. The van der Waals surface area contributed by atoms with Crippen LogP contribution < -0.4 is 0 Å². The summed E-state index contributed by atoms with van der Waals surface area (Å²) in [5.41, 5.74) is 2.14. The summed E-state index contributed by atoms with van der Waals surface area (Å²) in [5, 5.41) is 20.6. The van der Waals surface area contributed by atoms with Crippen molar-refractivity contribution in [1.82, 2.24) is 0 Å². The van der Waals surface area contributed by atoms with E-state index in [1.807, 2.05) is 0 Å². The monoisotopic (exact) mass is 479 g/mol. The number of ether oxygens (including phenoxy) is 1. The molecule has 1 unspecified atom stereocenters. The smallest absolute Gasteiger partial charge is 0.312 e. The molecule has 0 aromatic heterocycles. The lowest BCUT2D eigenvalue weighted by Gasteiger charge is -2.69. The number of aliphatic hydroxyl groups excluding tert-OH is 1. The molecule has 5 aliphatic rings. The van der Waals surface area contributed by atoms with Crippen LogP contribution in [0.4, 0.5) is 0 Å². The van der Waals surface area contributed by atoms with Gasteiger partial charge in [0.1, 0.15) is 5.76 Å². The quantitative estimate of drug-likeness (QED) is 0.312. The second-order valence-corrected chi connectivity index (χ2v) is 14.4. The SMILES string of the molecule is COC(=O)[C@]12CCC(C)(C)CC1C1=CC[C@@H]3[C@@]4(C)CC(C#N)=C(O)[C@@H](C)[C@@H]4CC[C@@]3(C)[C@]1(C)CC2. The van der Waals surface area contributed by atoms with Gasteiger partial charge in [0.15, 0.2) is 0 Å². The molecule has 0 heterocycles. The second kappa shape index (κ2) is 7.62. The largest absolute Gasteiger partial charge is 0.511 e. The van der Waals surface area contributed by atoms with Crippen molar-refractivity contribution >= 4 is 5.97 Å². The summed E-state index contributed by atoms with van der Waals surface area (Å²) < 4.78 is 5.47. The van der Waals surface area contributed by atoms with Crippen molar-refractivity contribution in [2.75, 3.05) is 7.11 Å². The first kappa shape index (κ1) is 24.9. The highest BCUT2D eigenvalue weighted by atomic mass is 16.5. The van der Waals surface area contributed by atoms with E-state index >= 15 is 0 Å². The molecule has 0 radical (unpaired) electrons. The van der Waals surface area contributed by atoms with Crippen molar-refractivity contribution in [2.45, 2.75) is 99.3 Å². The zero-order valence-corrected chi connectivity index (χ0v) is 23.0. The summed E-state index contributed by atoms with van der Waals surface area (Å²) in [4.78, 5) is 13.3. The number of nitriles is 1. The van der Waals surface area contributed by atoms with Crippen LogP contribution in [0.15, 0.2) is 23.0 Å². The van der Waals surface area contributed by atoms with Gasteiger partial charge in [-0.3, -0.25) is 4.79 Å². The number of hydrogen-bond acceptors (Lipinski definition) is 4. The van der Waals surface area contributed by atoms with Crippen LogP contribution in [0.25, 0.3) is 0 Å². The highest BCUT2D eigenvalue weighted by molar-refractivity contribution is 5.78. The fraction of sp³-hybridized carbons (Fsp3) is 0.806. The number of fused-ring (bicyclic) bond motifs is 7. The number of nitrogens with zero attached hydrogens (tertiary/aromatic N) is 1. The second-order valence-electron chi connectivity index (χ2n) is 14.4. The Morgan fingerprint density at radius 3 is 2.46 bits per heavy atom. The average molecular weight is 480 g/mol. The molecule has 3 saturated carbocycles. The first-order valence-corrected chi connectivity index (χ1v) is 13.9. The molecule has 5 rings (SSSR count). The van der Waals surface area contributed by atoms with E-state index in [1.165, 1.54) is 5.57 Å². The maximum Gasteiger partial charge on any atom is 0.312 e. The molecule has 5 aliphatic carbocycles. The molecular formula is C31H45NO3. The van der Waals surface area contributed by atoms with Gasteiger partial charge < -0.3 is 9.84 Å². The molecule has 0 aromatic rings. The van der Waals surface area contributed by atoms with Gasteiger partial charge in [0.05, 0.1) is 24.2 Å². The van der Waals surface area contributed by atoms with Crippen LogP contribution >= 0.6 is 0 Å². The Hall–Kier alpha value is -1.76. The van der Waals surface area contributed by atoms with Crippen molar-refractivity contribution < 1.29 is 14.6 Å². The van der Waals surface area contributed by atoms with E-state index in [4.69, 9.17) is 4.74 Å². The number of esters is 1. The minimum atomic E-state index is -0.373. The van der Waals surface area contributed by atoms with E-state index in [2.05, 4.69) is 53.7 Å². The summed E-state index contributed by atoms with van der Waals surface area (Å²) in [7, 11) is 1.57. The van der Waals surface area contributed by atoms with Crippen LogP contribution in [-0.2, 0) is 9.53 Å². The third-order valence-electron chi connectivity index (χ3n) is 12.6. The van der Waals surface area contributed by atoms with E-state index in [9.17, 15) is 15.2 Å². The van der Waals surface area contributed by atoms with Crippen LogP contribution in [0, 0.1) is 62.1 Å². The van der Waals surface area contributed by atoms with Gasteiger partial charge in [0.25, 0.3) is 0 Å². The molecule has 8 atom stereocenters. The normalized spacial score (nSPS) is 48.3. The van der Waals surface area contributed by atoms with Crippen LogP contribution in [0.1, 0.15) is 99.3 Å². The van der Waals surface area contributed by atoms with Crippen molar-refractivity contribution in [3.8, 4) is 6.07 Å². The van der Waals surface area contributed by atoms with E-state index in [0.29, 0.717) is 29.6 Å². The lowest BCUT2D eigenvalue weighted by atomic mass is 9.34. The van der Waals surface area contributed by atoms with Crippen molar-refractivity contribution in [1.29, 1.82) is 5.26 Å². The summed E-state index contributed by atoms with van der Waals surface area (Å²) in [5.74, 6) is 1.51. The van der Waals surface area contributed by atoms with E-state index in [0.717, 1.165) is 51.4 Å². The zero-order chi connectivity index (χ0) is 25.6. The minimum absolute atomic E-state index is 0.00251. The Labute approximate surface area is 212 Å². The highest BCUT2D eigenvalue weighted by Gasteiger charge is 2.68. The van der Waals surface area contributed by atoms with Crippen molar-refractivity contribution in [3.63, 3.8) is 0 Å². The molecule has 3 fully saturated rings. The Kier molecular flexibility index (Phi) is 5.43. The summed E-state index contributed by atoms with van der Waals surface area (Å²) >= 11 is 0. The summed E-state index contributed by atoms with van der Waals surface area (Å²) in [6.07, 6.45) is 11.5. The Morgan fingerprint density at radius 1 is 1.11 bits per heavy atom. The van der Waals surface area contributed by atoms with Gasteiger partial charge >= 0.3 is 5.97 Å². The molecule has 35 heavy (non-hydrogen) atoms. The fourth-order valence-corrected chi connectivity index (χ4v) is 10.3. The molecule has 4 nitrogen and oxygen atoms in total. The summed E-state index contributed by atoms with van der Waals surface area (Å²) in [6, 6.07) is 2.35. The maximum atomic E-state index is 13.3. The van der Waals surface area contributed by atoms with Crippen molar-refractivity contribution in [2.24, 2.45) is 50.7 Å². The van der Waals surface area contributed by atoms with Gasteiger partial charge in [-0.25, -0.2) is 0 Å². The summed E-state index contributed by atoms with van der Waals surface area (Å²) in [6.45, 7) is 14.3. The van der Waals surface area contributed by atoms with Crippen LogP contribution in [-0.4, -0.2) is 18.2 Å². The van der Waals surface area contributed by atoms with Crippen LogP contribution in [0.2, 0.25) is 0 Å². The number of carbonyl (C=O) groups is 1. The first-order valence-electron chi connectivity index (χ1n) is 13.9. The molecule has 0 saturated heterocycles. The Balaban J connectivity index is 1.61. The predicted octanol–water partition coefficient (Wildman–Crippen LogP) is 7.52. The maximum absolute atomic E-state index is 13.3. The highest BCUT2D eigenvalue weighted by Crippen LogP contribution is 2.75. The number of carbonyl (C=O) groups excluding carboxylic acids is 1. The number of hydrogen-bond donors (Lipinski definition) is 1. The van der Waals surface area contributed by atoms with Gasteiger partial charge in [0, 0.05) is 5.92 Å². The zero-order valence-electron chi connectivity index (χ0n) is 23.0. The van der Waals surface area contributed by atoms with E-state index in [-0.39, 0.29) is 44.9 Å². The molecule has 0 spiro atoms. The fourth-order valence-electron chi connectivity index (χ4n) is 10.3. The van der Waals surface area contributed by atoms with E-state index in [1.54, 1.807) is 7.11 Å². The number of rotatable bonds is 1. The van der Waals surface area contributed by atoms with Gasteiger partial charge in [-0.15, -0.1) is 0 Å². The third kappa shape index (κ3) is 3.05. The van der Waals surface area contributed by atoms with Gasteiger partial charge in [-0.05, 0) is 97.2 Å². The van der Waals surface area contributed by atoms with Crippen LogP contribution in [0.3, 0.4) is 0 Å². The Morgan fingerprint density at radius 2 is 1.80 bits per heavy atom. The molecule has 1 N–H and O–H groups in total. The van der Waals surface area contributed by atoms with Gasteiger partial charge in [-0.1, -0.05) is 53.2 Å². The van der Waals surface area contributed by atoms with Crippen molar-refractivity contribution in [3.05, 3.63) is 23.0 Å². The first-order chi connectivity index (χ1) is 16.3. The lowest BCUT2D eigenvalue weighted by Crippen LogP contribution is -2.63.